The van der Waals surface area contributed by atoms with Crippen LogP contribution < -0.4 is 0 Å². The number of hydrogen-bond acceptors (Lipinski definition) is 3. The van der Waals surface area contributed by atoms with E-state index in [1.165, 1.54) is 0 Å². The van der Waals surface area contributed by atoms with Crippen molar-refractivity contribution in [2.45, 2.75) is 19.4 Å². The van der Waals surface area contributed by atoms with Gasteiger partial charge < -0.3 is 5.11 Å². The largest absolute Gasteiger partial charge is 0.386 e. The number of nitrogens with zero attached hydrogens (tertiary/aromatic N) is 2. The first-order valence-electron chi connectivity index (χ1n) is 5.48. The lowest BCUT2D eigenvalue weighted by Crippen LogP contribution is -2.06. The molecule has 0 saturated heterocycles. The van der Waals surface area contributed by atoms with E-state index in [1.807, 2.05) is 0 Å². The molecule has 0 spiro atoms. The third-order valence-corrected chi connectivity index (χ3v) is 3.16. The first-order valence-corrected chi connectivity index (χ1v) is 6.23. The van der Waals surface area contributed by atoms with Gasteiger partial charge in [0.15, 0.2) is 0 Å². The maximum atomic E-state index is 10.1. The Kier molecular flexibility index (Phi) is 4.17. The summed E-state index contributed by atoms with van der Waals surface area (Å²) < 4.78 is 0. The van der Waals surface area contributed by atoms with Crippen LogP contribution in [0.25, 0.3) is 0 Å². The van der Waals surface area contributed by atoms with Gasteiger partial charge in [-0.3, -0.25) is 0 Å². The average Bonchev–Trinajstić information content (AvgIpc) is 2.34. The van der Waals surface area contributed by atoms with Crippen LogP contribution in [0.1, 0.15) is 23.2 Å². The van der Waals surface area contributed by atoms with E-state index in [1.54, 1.807) is 37.4 Å². The van der Waals surface area contributed by atoms with Gasteiger partial charge in [0.25, 0.3) is 0 Å². The zero-order valence-corrected chi connectivity index (χ0v) is 11.3. The van der Waals surface area contributed by atoms with E-state index in [2.05, 4.69) is 9.97 Å². The van der Waals surface area contributed by atoms with Gasteiger partial charge >= 0.3 is 0 Å². The molecular weight excluding hydrogens is 271 g/mol. The highest BCUT2D eigenvalue weighted by Crippen LogP contribution is 2.25. The van der Waals surface area contributed by atoms with Crippen molar-refractivity contribution in [1.82, 2.24) is 9.97 Å². The highest BCUT2D eigenvalue weighted by molar-refractivity contribution is 6.33. The molecule has 0 aliphatic heterocycles. The SMILES string of the molecule is Cc1nccc(C(O)Cc2cc(Cl)ccc2Cl)n1. The molecule has 2 rings (SSSR count). The summed E-state index contributed by atoms with van der Waals surface area (Å²) in [5, 5.41) is 11.3. The van der Waals surface area contributed by atoms with Gasteiger partial charge in [-0.15, -0.1) is 0 Å². The van der Waals surface area contributed by atoms with Crippen molar-refractivity contribution in [3.05, 3.63) is 57.6 Å². The fourth-order valence-corrected chi connectivity index (χ4v) is 2.06. The summed E-state index contributed by atoms with van der Waals surface area (Å²) in [6.07, 6.45) is 1.28. The Labute approximate surface area is 115 Å². The highest BCUT2D eigenvalue weighted by atomic mass is 35.5. The zero-order chi connectivity index (χ0) is 13.1. The van der Waals surface area contributed by atoms with Crippen molar-refractivity contribution >= 4 is 23.2 Å². The molecule has 0 bridgehead atoms. The van der Waals surface area contributed by atoms with Crippen LogP contribution in [-0.4, -0.2) is 15.1 Å². The van der Waals surface area contributed by atoms with E-state index in [0.717, 1.165) is 5.56 Å². The fraction of sp³-hybridized carbons (Fsp3) is 0.231. The second kappa shape index (κ2) is 5.65. The molecule has 0 aliphatic carbocycles. The molecule has 0 aliphatic rings. The van der Waals surface area contributed by atoms with E-state index in [4.69, 9.17) is 23.2 Å². The highest BCUT2D eigenvalue weighted by Gasteiger charge is 2.13. The minimum atomic E-state index is -0.720. The summed E-state index contributed by atoms with van der Waals surface area (Å²) >= 11 is 12.0. The van der Waals surface area contributed by atoms with Crippen LogP contribution in [0.3, 0.4) is 0 Å². The van der Waals surface area contributed by atoms with E-state index < -0.39 is 6.10 Å². The molecule has 1 unspecified atom stereocenters. The molecule has 2 aromatic rings. The lowest BCUT2D eigenvalue weighted by molar-refractivity contribution is 0.173. The number of rotatable bonds is 3. The van der Waals surface area contributed by atoms with Gasteiger partial charge in [-0.05, 0) is 36.8 Å². The normalized spacial score (nSPS) is 12.4. The molecule has 5 heteroatoms. The van der Waals surface area contributed by atoms with Gasteiger partial charge in [0.2, 0.25) is 0 Å². The molecule has 0 fully saturated rings. The van der Waals surface area contributed by atoms with Gasteiger partial charge in [-0.2, -0.15) is 0 Å². The third-order valence-electron chi connectivity index (χ3n) is 2.56. The van der Waals surface area contributed by atoms with E-state index in [0.29, 0.717) is 28.0 Å². The van der Waals surface area contributed by atoms with Gasteiger partial charge in [0, 0.05) is 22.7 Å². The van der Waals surface area contributed by atoms with Crippen molar-refractivity contribution in [2.24, 2.45) is 0 Å². The van der Waals surface area contributed by atoms with Crippen LogP contribution >= 0.6 is 23.2 Å². The van der Waals surface area contributed by atoms with E-state index in [-0.39, 0.29) is 0 Å². The molecule has 3 nitrogen and oxygen atoms in total. The first kappa shape index (κ1) is 13.3. The van der Waals surface area contributed by atoms with Gasteiger partial charge in [-0.25, -0.2) is 9.97 Å². The average molecular weight is 283 g/mol. The summed E-state index contributed by atoms with van der Waals surface area (Å²) in [6, 6.07) is 6.88. The molecule has 94 valence electrons. The Bertz CT molecular complexity index is 560. The Balaban J connectivity index is 2.21. The van der Waals surface area contributed by atoms with Gasteiger partial charge in [0.05, 0.1) is 5.69 Å². The van der Waals surface area contributed by atoms with Gasteiger partial charge in [0.1, 0.15) is 11.9 Å². The van der Waals surface area contributed by atoms with Crippen LogP contribution in [0, 0.1) is 6.92 Å². The summed E-state index contributed by atoms with van der Waals surface area (Å²) in [7, 11) is 0. The van der Waals surface area contributed by atoms with Crippen LogP contribution in [0.2, 0.25) is 10.0 Å². The molecule has 0 amide bonds. The first-order chi connectivity index (χ1) is 8.56. The molecular formula is C13H12Cl2N2O. The zero-order valence-electron chi connectivity index (χ0n) is 9.77. The smallest absolute Gasteiger partial charge is 0.125 e. The monoisotopic (exact) mass is 282 g/mol. The number of hydrogen-bond donors (Lipinski definition) is 1. The van der Waals surface area contributed by atoms with E-state index >= 15 is 0 Å². The van der Waals surface area contributed by atoms with Crippen LogP contribution in [0.4, 0.5) is 0 Å². The number of benzene rings is 1. The van der Waals surface area contributed by atoms with Crippen LogP contribution in [0.15, 0.2) is 30.5 Å². The van der Waals surface area contributed by atoms with Crippen LogP contribution in [0.5, 0.6) is 0 Å². The topological polar surface area (TPSA) is 46.0 Å². The van der Waals surface area contributed by atoms with Crippen molar-refractivity contribution in [3.8, 4) is 0 Å². The minimum Gasteiger partial charge on any atom is -0.386 e. The second-order valence-corrected chi connectivity index (χ2v) is 4.83. The number of aliphatic hydroxyl groups is 1. The summed E-state index contributed by atoms with van der Waals surface area (Å²) in [4.78, 5) is 8.18. The number of aliphatic hydroxyl groups excluding tert-OH is 1. The summed E-state index contributed by atoms with van der Waals surface area (Å²) in [5.74, 6) is 0.628. The maximum absolute atomic E-state index is 10.1. The molecule has 18 heavy (non-hydrogen) atoms. The predicted octanol–water partition coefficient (Wildman–Crippen LogP) is 3.37. The number of aryl methyl sites for hydroxylation is 1. The lowest BCUT2D eigenvalue weighted by atomic mass is 10.1. The van der Waals surface area contributed by atoms with Gasteiger partial charge in [-0.1, -0.05) is 23.2 Å². The Morgan fingerprint density at radius 3 is 2.78 bits per heavy atom. The maximum Gasteiger partial charge on any atom is 0.125 e. The van der Waals surface area contributed by atoms with Crippen molar-refractivity contribution in [2.75, 3.05) is 0 Å². The Hall–Kier alpha value is -1.16. The molecule has 0 radical (unpaired) electrons. The minimum absolute atomic E-state index is 0.371. The lowest BCUT2D eigenvalue weighted by Gasteiger charge is -2.11. The van der Waals surface area contributed by atoms with E-state index in [9.17, 15) is 5.11 Å². The third kappa shape index (κ3) is 3.19. The Morgan fingerprint density at radius 1 is 1.28 bits per heavy atom. The molecule has 0 saturated carbocycles. The van der Waals surface area contributed by atoms with Crippen molar-refractivity contribution < 1.29 is 5.11 Å². The number of aromatic nitrogens is 2. The van der Waals surface area contributed by atoms with Crippen molar-refractivity contribution in [3.63, 3.8) is 0 Å². The number of halogens is 2. The molecule has 1 aromatic carbocycles. The van der Waals surface area contributed by atoms with Crippen molar-refractivity contribution in [1.29, 1.82) is 0 Å². The molecule has 1 atom stereocenters. The molecule has 1 N–H and O–H groups in total. The quantitative estimate of drug-likeness (QED) is 0.939. The molecule has 1 aromatic heterocycles. The van der Waals surface area contributed by atoms with Crippen LogP contribution in [-0.2, 0) is 6.42 Å². The molecule has 1 heterocycles. The second-order valence-electron chi connectivity index (χ2n) is 3.98. The predicted molar refractivity (Wildman–Crippen MR) is 71.9 cm³/mol. The summed E-state index contributed by atoms with van der Waals surface area (Å²) in [6.45, 7) is 1.78. The fourth-order valence-electron chi connectivity index (χ4n) is 1.67. The standard InChI is InChI=1S/C13H12Cl2N2O/c1-8-16-5-4-12(17-8)13(18)7-9-6-10(14)2-3-11(9)15/h2-6,13,18H,7H2,1H3. The Morgan fingerprint density at radius 2 is 2.06 bits per heavy atom. The summed E-state index contributed by atoms with van der Waals surface area (Å²) in [5.41, 5.74) is 1.38.